The van der Waals surface area contributed by atoms with E-state index in [9.17, 15) is 29.4 Å². The minimum atomic E-state index is -1.29. The first-order chi connectivity index (χ1) is 30.8. The van der Waals surface area contributed by atoms with Crippen LogP contribution < -0.4 is 20.3 Å². The Balaban J connectivity index is 0.895. The van der Waals surface area contributed by atoms with E-state index in [1.807, 2.05) is 21.3 Å². The summed E-state index contributed by atoms with van der Waals surface area (Å²) in [6.45, 7) is 10.5. The highest BCUT2D eigenvalue weighted by Gasteiger charge is 2.45. The molecule has 0 amide bonds. The molecule has 8 rings (SSSR count). The largest absolute Gasteiger partial charge is 0.491 e. The van der Waals surface area contributed by atoms with Crippen LogP contribution in [0, 0.1) is 16.2 Å². The van der Waals surface area contributed by atoms with Crippen LogP contribution in [0.3, 0.4) is 0 Å². The molecule has 2 aliphatic carbocycles. The summed E-state index contributed by atoms with van der Waals surface area (Å²) in [5, 5.41) is 20.4. The van der Waals surface area contributed by atoms with Crippen LogP contribution in [0.2, 0.25) is 10.0 Å². The van der Waals surface area contributed by atoms with E-state index < -0.39 is 33.6 Å². The van der Waals surface area contributed by atoms with Gasteiger partial charge in [0.2, 0.25) is 0 Å². The fourth-order valence-electron chi connectivity index (χ4n) is 9.52. The summed E-state index contributed by atoms with van der Waals surface area (Å²) in [4.78, 5) is 50.0. The number of rotatable bonds is 19. The molecule has 4 aliphatic rings. The highest BCUT2D eigenvalue weighted by Crippen LogP contribution is 2.49. The summed E-state index contributed by atoms with van der Waals surface area (Å²) in [5.41, 5.74) is 1.70. The maximum atomic E-state index is 13.0. The molecule has 2 aliphatic heterocycles. The molecule has 2 aromatic heterocycles. The second-order valence-corrected chi connectivity index (χ2v) is 20.3. The number of aromatic nitrogens is 2. The smallest absolute Gasteiger partial charge is 0.341 e. The van der Waals surface area contributed by atoms with Crippen LogP contribution in [0.25, 0.3) is 22.5 Å². The van der Waals surface area contributed by atoms with Crippen LogP contribution in [0.5, 0.6) is 11.5 Å². The van der Waals surface area contributed by atoms with Gasteiger partial charge in [-0.05, 0) is 61.1 Å². The molecule has 65 heavy (non-hydrogen) atoms. The molecule has 2 saturated carbocycles. The van der Waals surface area contributed by atoms with Crippen molar-refractivity contribution in [3.63, 3.8) is 0 Å². The van der Waals surface area contributed by atoms with E-state index in [0.29, 0.717) is 85.4 Å². The van der Waals surface area contributed by atoms with Crippen molar-refractivity contribution in [2.24, 2.45) is 16.2 Å². The number of methoxy groups -OCH3 is 2. The summed E-state index contributed by atoms with van der Waals surface area (Å²) in [6.07, 6.45) is 7.49. The van der Waals surface area contributed by atoms with E-state index in [4.69, 9.17) is 51.6 Å². The zero-order chi connectivity index (χ0) is 46.6. The molecule has 2 fully saturated rings. The molecule has 4 heterocycles. The summed E-state index contributed by atoms with van der Waals surface area (Å²) in [5.74, 6) is -1.47. The molecule has 0 spiro atoms. The van der Waals surface area contributed by atoms with Crippen LogP contribution in [0.15, 0.2) is 58.4 Å². The molecule has 2 aromatic carbocycles. The van der Waals surface area contributed by atoms with Gasteiger partial charge in [-0.3, -0.25) is 9.59 Å². The number of hydrogen-bond donors (Lipinski definition) is 2. The number of halogens is 2. The quantitative estimate of drug-likeness (QED) is 0.0862. The molecule has 4 aromatic rings. The van der Waals surface area contributed by atoms with E-state index in [-0.39, 0.29) is 40.8 Å². The van der Waals surface area contributed by atoms with Gasteiger partial charge in [0.05, 0.1) is 67.2 Å². The number of carboxylic acid groups (broad SMARTS) is 2. The predicted molar refractivity (Wildman–Crippen MR) is 244 cm³/mol. The minimum absolute atomic E-state index is 0.00744. The number of aromatic carboxylic acids is 2. The summed E-state index contributed by atoms with van der Waals surface area (Å²) >= 11 is 13.6. The van der Waals surface area contributed by atoms with Crippen molar-refractivity contribution in [1.29, 1.82) is 0 Å². The van der Waals surface area contributed by atoms with Gasteiger partial charge >= 0.3 is 11.9 Å². The Morgan fingerprint density at radius 3 is 1.72 bits per heavy atom. The van der Waals surface area contributed by atoms with Crippen molar-refractivity contribution in [3.05, 3.63) is 102 Å². The maximum absolute atomic E-state index is 13.0. The number of carbonyl (C=O) groups is 2. The molecule has 0 bridgehead atoms. The van der Waals surface area contributed by atoms with Crippen LogP contribution in [0.1, 0.15) is 97.3 Å². The lowest BCUT2D eigenvalue weighted by molar-refractivity contribution is -0.0381. The average molecular weight is 936 g/mol. The lowest BCUT2D eigenvalue weighted by Gasteiger charge is -2.41. The first-order valence-corrected chi connectivity index (χ1v) is 22.7. The standard InChI is InChI=1S/C49H56Cl2N2O12/c1-47(2,23-60-5)43-13-27-11-41(35(50)17-31(27)37-19-39(54)33(45(56)57)21-52(37)43)64-26-49(7-8-49)25-63-10-9-62-24-48(3,4)44-14-28-12-42(65-30-15-29(16-30)61-6)36(51)18-32(28)38-20-40(55)34(46(58)59)22-53(38)44/h11-12,17-22,29-30,43-44H,7-10,13-16,23-26H2,1-6H3,(H,56,57)(H,58,59)/t29-,30-,43-,44-/m0/s1. The van der Waals surface area contributed by atoms with Crippen molar-refractivity contribution >= 4 is 35.1 Å². The van der Waals surface area contributed by atoms with Gasteiger partial charge in [0, 0.05) is 91.0 Å². The minimum Gasteiger partial charge on any atom is -0.491 e. The van der Waals surface area contributed by atoms with Crippen molar-refractivity contribution in [1.82, 2.24) is 9.13 Å². The number of fused-ring (bicyclic) bond motifs is 6. The topological polar surface area (TPSA) is 174 Å². The third-order valence-corrected chi connectivity index (χ3v) is 14.3. The Hall–Kier alpha value is -4.70. The van der Waals surface area contributed by atoms with Crippen LogP contribution in [0.4, 0.5) is 0 Å². The number of hydrogen-bond acceptors (Lipinski definition) is 10. The second kappa shape index (κ2) is 18.2. The monoisotopic (exact) mass is 934 g/mol. The van der Waals surface area contributed by atoms with Gasteiger partial charge in [-0.25, -0.2) is 9.59 Å². The van der Waals surface area contributed by atoms with E-state index in [1.165, 1.54) is 24.5 Å². The van der Waals surface area contributed by atoms with Gasteiger partial charge in [-0.15, -0.1) is 0 Å². The number of ether oxygens (including phenoxy) is 6. The van der Waals surface area contributed by atoms with Crippen molar-refractivity contribution < 1.29 is 48.2 Å². The van der Waals surface area contributed by atoms with Gasteiger partial charge in [-0.1, -0.05) is 50.9 Å². The normalized spacial score (nSPS) is 20.4. The zero-order valence-corrected chi connectivity index (χ0v) is 39.1. The van der Waals surface area contributed by atoms with Crippen molar-refractivity contribution in [3.8, 4) is 34.0 Å². The lowest BCUT2D eigenvalue weighted by Crippen LogP contribution is -2.39. The first-order valence-electron chi connectivity index (χ1n) is 21.9. The van der Waals surface area contributed by atoms with E-state index in [1.54, 1.807) is 26.4 Å². The Labute approximate surface area is 387 Å². The highest BCUT2D eigenvalue weighted by molar-refractivity contribution is 6.32. The molecular formula is C49H56Cl2N2O12. The maximum Gasteiger partial charge on any atom is 0.341 e. The zero-order valence-electron chi connectivity index (χ0n) is 37.5. The number of pyridine rings is 2. The van der Waals surface area contributed by atoms with Gasteiger partial charge < -0.3 is 47.8 Å². The molecule has 0 radical (unpaired) electrons. The summed E-state index contributed by atoms with van der Waals surface area (Å²) < 4.78 is 39.8. The number of carboxylic acids is 2. The van der Waals surface area contributed by atoms with E-state index in [0.717, 1.165) is 47.9 Å². The van der Waals surface area contributed by atoms with Gasteiger partial charge in [0.15, 0.2) is 10.9 Å². The first kappa shape index (κ1) is 46.8. The van der Waals surface area contributed by atoms with Gasteiger partial charge in [0.25, 0.3) is 0 Å². The van der Waals surface area contributed by atoms with Gasteiger partial charge in [0.1, 0.15) is 28.7 Å². The molecule has 348 valence electrons. The second-order valence-electron chi connectivity index (χ2n) is 19.5. The van der Waals surface area contributed by atoms with E-state index >= 15 is 0 Å². The highest BCUT2D eigenvalue weighted by atomic mass is 35.5. The third-order valence-electron chi connectivity index (χ3n) is 13.7. The number of nitrogens with zero attached hydrogens (tertiary/aromatic N) is 2. The molecule has 16 heteroatoms. The lowest BCUT2D eigenvalue weighted by atomic mass is 9.77. The van der Waals surface area contributed by atoms with Crippen LogP contribution in [-0.2, 0) is 31.8 Å². The molecule has 14 nitrogen and oxygen atoms in total. The van der Waals surface area contributed by atoms with Crippen LogP contribution >= 0.6 is 23.2 Å². The SMILES string of the molecule is COCC(C)(C)[C@@H]1Cc2cc(OCC3(COCCOCC(C)(C)[C@@H]4Cc5cc(O[C@H]6C[C@H](OC)C6)c(Cl)cc5-c5cc(=O)c(C(=O)O)cn54)CC3)c(Cl)cc2-c2cc(=O)c(C(=O)O)cn21. The van der Waals surface area contributed by atoms with Crippen molar-refractivity contribution in [2.75, 3.05) is 53.9 Å². The Bertz CT molecular complexity index is 2630. The Morgan fingerprint density at radius 1 is 0.708 bits per heavy atom. The molecule has 0 saturated heterocycles. The molecule has 2 N–H and O–H groups in total. The van der Waals surface area contributed by atoms with E-state index in [2.05, 4.69) is 27.7 Å². The Kier molecular flexibility index (Phi) is 13.1. The third kappa shape index (κ3) is 9.48. The fraction of sp³-hybridized carbons (Fsp3) is 0.510. The van der Waals surface area contributed by atoms with Gasteiger partial charge in [-0.2, -0.15) is 0 Å². The molecule has 2 atom stereocenters. The predicted octanol–water partition coefficient (Wildman–Crippen LogP) is 8.39. The summed E-state index contributed by atoms with van der Waals surface area (Å²) in [6, 6.07) is 9.72. The average Bonchev–Trinajstić information content (AvgIpc) is 4.01. The van der Waals surface area contributed by atoms with Crippen molar-refractivity contribution in [2.45, 2.75) is 90.5 Å². The number of benzene rings is 2. The molecule has 0 unspecified atom stereocenters. The van der Waals surface area contributed by atoms with Crippen LogP contribution in [-0.4, -0.2) is 97.4 Å². The Morgan fingerprint density at radius 2 is 1.22 bits per heavy atom. The fourth-order valence-corrected chi connectivity index (χ4v) is 9.95. The summed E-state index contributed by atoms with van der Waals surface area (Å²) in [7, 11) is 3.32. The molecular weight excluding hydrogens is 879 g/mol.